The Balaban J connectivity index is 1.31. The number of nitrogens with zero attached hydrogens (tertiary/aromatic N) is 3. The Morgan fingerprint density at radius 3 is 2.64 bits per heavy atom. The van der Waals surface area contributed by atoms with Crippen LogP contribution in [0.15, 0.2) is 72.6 Å². The molecule has 0 atom stereocenters. The highest BCUT2D eigenvalue weighted by atomic mass is 32.1. The number of hydrogen-bond donors (Lipinski definition) is 3. The van der Waals surface area contributed by atoms with Crippen LogP contribution in [0.4, 0.5) is 23.0 Å². The van der Waals surface area contributed by atoms with E-state index in [4.69, 9.17) is 4.74 Å². The highest BCUT2D eigenvalue weighted by Crippen LogP contribution is 2.34. The zero-order valence-corrected chi connectivity index (χ0v) is 20.8. The summed E-state index contributed by atoms with van der Waals surface area (Å²) in [6, 6.07) is 17.8. The summed E-state index contributed by atoms with van der Waals surface area (Å²) in [5.41, 5.74) is 3.40. The van der Waals surface area contributed by atoms with Crippen LogP contribution in [-0.4, -0.2) is 47.0 Å². The van der Waals surface area contributed by atoms with Crippen LogP contribution in [-0.2, 0) is 4.79 Å². The molecule has 0 unspecified atom stereocenters. The van der Waals surface area contributed by atoms with Gasteiger partial charge in [0.2, 0.25) is 17.7 Å². The number of ether oxygens (including phenoxy) is 1. The number of likely N-dealkylation sites (tertiary alicyclic amines) is 1. The highest BCUT2D eigenvalue weighted by molar-refractivity contribution is 7.17. The number of benzene rings is 2. The molecule has 1 aliphatic rings. The second kappa shape index (κ2) is 10.8. The van der Waals surface area contributed by atoms with E-state index >= 15 is 0 Å². The average molecular weight is 501 g/mol. The van der Waals surface area contributed by atoms with E-state index in [9.17, 15) is 4.79 Å². The molecule has 1 aliphatic heterocycles. The van der Waals surface area contributed by atoms with E-state index in [0.29, 0.717) is 29.3 Å². The molecule has 1 fully saturated rings. The fourth-order valence-corrected chi connectivity index (χ4v) is 4.83. The number of amides is 1. The van der Waals surface area contributed by atoms with Crippen molar-refractivity contribution in [2.45, 2.75) is 18.9 Å². The lowest BCUT2D eigenvalue weighted by atomic mass is 10.1. The molecule has 3 N–H and O–H groups in total. The van der Waals surface area contributed by atoms with Crippen molar-refractivity contribution in [2.75, 3.05) is 36.1 Å². The van der Waals surface area contributed by atoms with Gasteiger partial charge in [-0.1, -0.05) is 12.6 Å². The minimum atomic E-state index is -0.283. The molecular weight excluding hydrogens is 472 g/mol. The lowest BCUT2D eigenvalue weighted by Gasteiger charge is -2.30. The van der Waals surface area contributed by atoms with Crippen molar-refractivity contribution < 1.29 is 9.53 Å². The number of carbonyl (C=O) groups is 1. The van der Waals surface area contributed by atoms with E-state index in [2.05, 4.69) is 56.6 Å². The first kappa shape index (κ1) is 23.8. The van der Waals surface area contributed by atoms with E-state index in [1.165, 1.54) is 17.4 Å². The number of fused-ring (bicyclic) bond motifs is 1. The summed E-state index contributed by atoms with van der Waals surface area (Å²) >= 11 is 1.51. The number of anilines is 4. The first-order valence-corrected chi connectivity index (χ1v) is 12.7. The maximum Gasteiger partial charge on any atom is 0.247 e. The Morgan fingerprint density at radius 1 is 1.08 bits per heavy atom. The van der Waals surface area contributed by atoms with Crippen LogP contribution in [0.2, 0.25) is 0 Å². The summed E-state index contributed by atoms with van der Waals surface area (Å²) in [4.78, 5) is 23.3. The predicted molar refractivity (Wildman–Crippen MR) is 147 cm³/mol. The van der Waals surface area contributed by atoms with Gasteiger partial charge in [-0.2, -0.15) is 4.98 Å². The quantitative estimate of drug-likeness (QED) is 0.261. The van der Waals surface area contributed by atoms with Crippen molar-refractivity contribution in [1.29, 1.82) is 0 Å². The summed E-state index contributed by atoms with van der Waals surface area (Å²) < 4.78 is 6.97. The van der Waals surface area contributed by atoms with Crippen LogP contribution >= 0.6 is 11.3 Å². The van der Waals surface area contributed by atoms with Crippen LogP contribution in [0.1, 0.15) is 12.8 Å². The summed E-state index contributed by atoms with van der Waals surface area (Å²) in [6.45, 7) is 5.73. The molecule has 0 bridgehead atoms. The van der Waals surface area contributed by atoms with E-state index in [1.807, 2.05) is 29.6 Å². The van der Waals surface area contributed by atoms with Crippen LogP contribution in [0.25, 0.3) is 10.2 Å². The Morgan fingerprint density at radius 2 is 1.86 bits per heavy atom. The Bertz CT molecular complexity index is 1360. The molecule has 0 radical (unpaired) electrons. The van der Waals surface area contributed by atoms with E-state index in [-0.39, 0.29) is 5.91 Å². The average Bonchev–Trinajstić information content (AvgIpc) is 3.36. The van der Waals surface area contributed by atoms with Crippen LogP contribution in [0.3, 0.4) is 0 Å². The number of rotatable bonds is 8. The minimum absolute atomic E-state index is 0.283. The molecule has 36 heavy (non-hydrogen) atoms. The number of hydrogen-bond acceptors (Lipinski definition) is 8. The molecule has 0 spiro atoms. The van der Waals surface area contributed by atoms with Gasteiger partial charge in [0, 0.05) is 29.2 Å². The van der Waals surface area contributed by atoms with Crippen molar-refractivity contribution in [1.82, 2.24) is 14.9 Å². The van der Waals surface area contributed by atoms with Crippen molar-refractivity contribution in [3.05, 3.63) is 72.6 Å². The Labute approximate surface area is 214 Å². The van der Waals surface area contributed by atoms with E-state index in [0.717, 1.165) is 47.5 Å². The fourth-order valence-electron chi connectivity index (χ4n) is 4.07. The number of carbonyl (C=O) groups excluding carboxylic acids is 1. The molecule has 184 valence electrons. The van der Waals surface area contributed by atoms with Crippen LogP contribution in [0.5, 0.6) is 11.6 Å². The van der Waals surface area contributed by atoms with Crippen LogP contribution in [0, 0.1) is 0 Å². The number of aromatic nitrogens is 2. The minimum Gasteiger partial charge on any atom is -0.437 e. The summed E-state index contributed by atoms with van der Waals surface area (Å²) in [6.07, 6.45) is 3.52. The first-order valence-electron chi connectivity index (χ1n) is 11.8. The highest BCUT2D eigenvalue weighted by Gasteiger charge is 2.16. The number of thiophene rings is 1. The molecule has 1 amide bonds. The topological polar surface area (TPSA) is 91.4 Å². The van der Waals surface area contributed by atoms with E-state index in [1.54, 1.807) is 18.2 Å². The third-order valence-corrected chi connectivity index (χ3v) is 6.90. The zero-order chi connectivity index (χ0) is 24.9. The van der Waals surface area contributed by atoms with Crippen molar-refractivity contribution in [3.63, 3.8) is 0 Å². The predicted octanol–water partition coefficient (Wildman–Crippen LogP) is 5.86. The van der Waals surface area contributed by atoms with Crippen molar-refractivity contribution in [3.8, 4) is 11.6 Å². The smallest absolute Gasteiger partial charge is 0.247 e. The van der Waals surface area contributed by atoms with E-state index < -0.39 is 0 Å². The molecule has 1 saturated heterocycles. The SMILES string of the molecule is C=CC(=O)Nc1cccc(Oc2nc(Nc3ccc(NC4CCN(C)CC4)cc3)nc3ccsc23)c1. The Hall–Kier alpha value is -3.95. The molecule has 2 aromatic carbocycles. The van der Waals surface area contributed by atoms with Gasteiger partial charge in [-0.3, -0.25) is 4.79 Å². The standard InChI is InChI=1S/C27H28N6O2S/c1-3-24(34)29-21-5-4-6-22(17-21)35-26-25-23(13-16-36-25)31-27(32-26)30-19-9-7-18(8-10-19)28-20-11-14-33(2)15-12-20/h3-10,13,16-17,20,28H,1,11-12,14-15H2,2H3,(H,29,34)(H,30,31,32). The molecule has 9 heteroatoms. The molecule has 5 rings (SSSR count). The summed E-state index contributed by atoms with van der Waals surface area (Å²) in [5.74, 6) is 1.17. The maximum absolute atomic E-state index is 11.6. The summed E-state index contributed by atoms with van der Waals surface area (Å²) in [7, 11) is 2.17. The molecule has 8 nitrogen and oxygen atoms in total. The molecular formula is C27H28N6O2S. The summed E-state index contributed by atoms with van der Waals surface area (Å²) in [5, 5.41) is 11.6. The normalized spacial score (nSPS) is 14.4. The monoisotopic (exact) mass is 500 g/mol. The third-order valence-electron chi connectivity index (χ3n) is 6.00. The lowest BCUT2D eigenvalue weighted by molar-refractivity contribution is -0.111. The molecule has 4 aromatic rings. The van der Waals surface area contributed by atoms with Crippen LogP contribution < -0.4 is 20.7 Å². The molecule has 0 saturated carbocycles. The largest absolute Gasteiger partial charge is 0.437 e. The van der Waals surface area contributed by atoms with Crippen molar-refractivity contribution in [2.24, 2.45) is 0 Å². The van der Waals surface area contributed by atoms with Gasteiger partial charge in [-0.25, -0.2) is 4.98 Å². The first-order chi connectivity index (χ1) is 17.6. The maximum atomic E-state index is 11.6. The van der Waals surface area contributed by atoms with Gasteiger partial charge < -0.3 is 25.6 Å². The van der Waals surface area contributed by atoms with Gasteiger partial charge in [-0.15, -0.1) is 11.3 Å². The molecule has 0 aliphatic carbocycles. The number of nitrogens with one attached hydrogen (secondary N) is 3. The van der Waals surface area contributed by atoms with Gasteiger partial charge in [0.05, 0.1) is 5.52 Å². The zero-order valence-electron chi connectivity index (χ0n) is 20.0. The van der Waals surface area contributed by atoms with Gasteiger partial charge in [-0.05, 0) is 86.9 Å². The van der Waals surface area contributed by atoms with Gasteiger partial charge >= 0.3 is 0 Å². The second-order valence-corrected chi connectivity index (χ2v) is 9.65. The third kappa shape index (κ3) is 5.81. The lowest BCUT2D eigenvalue weighted by Crippen LogP contribution is -2.36. The Kier molecular flexibility index (Phi) is 7.11. The second-order valence-electron chi connectivity index (χ2n) is 8.73. The van der Waals surface area contributed by atoms with Gasteiger partial charge in [0.15, 0.2) is 0 Å². The van der Waals surface area contributed by atoms with Gasteiger partial charge in [0.25, 0.3) is 0 Å². The molecule has 3 heterocycles. The number of piperidine rings is 1. The molecule has 2 aromatic heterocycles. The van der Waals surface area contributed by atoms with Crippen molar-refractivity contribution >= 4 is 50.5 Å². The van der Waals surface area contributed by atoms with Gasteiger partial charge in [0.1, 0.15) is 10.4 Å². The fraction of sp³-hybridized carbons (Fsp3) is 0.222.